The van der Waals surface area contributed by atoms with Crippen LogP contribution in [0.2, 0.25) is 0 Å². The zero-order valence-corrected chi connectivity index (χ0v) is 9.21. The number of carbonyl (C=O) groups excluding carboxylic acids is 1. The molecule has 2 aromatic rings. The molecule has 0 saturated carbocycles. The predicted molar refractivity (Wildman–Crippen MR) is 63.2 cm³/mol. The molecule has 0 bridgehead atoms. The number of imidazole rings is 1. The van der Waals surface area contributed by atoms with Crippen molar-refractivity contribution in [2.75, 3.05) is 12.3 Å². The summed E-state index contributed by atoms with van der Waals surface area (Å²) in [6.07, 6.45) is 6.77. The summed E-state index contributed by atoms with van der Waals surface area (Å²) >= 11 is 0. The first-order valence-electron chi connectivity index (χ1n) is 5.22. The molecule has 2 aromatic heterocycles. The van der Waals surface area contributed by atoms with E-state index in [0.717, 1.165) is 0 Å². The summed E-state index contributed by atoms with van der Waals surface area (Å²) in [5.41, 5.74) is 6.29. The number of rotatable bonds is 4. The molecule has 1 amide bonds. The van der Waals surface area contributed by atoms with E-state index in [1.165, 1.54) is 0 Å². The number of anilines is 1. The fraction of sp³-hybridized carbons (Fsp3) is 0.182. The lowest BCUT2D eigenvalue weighted by molar-refractivity contribution is 0.0948. The molecule has 2 heterocycles. The van der Waals surface area contributed by atoms with Crippen LogP contribution in [0.25, 0.3) is 0 Å². The summed E-state index contributed by atoms with van der Waals surface area (Å²) in [5, 5.41) is 2.75. The smallest absolute Gasteiger partial charge is 0.272 e. The van der Waals surface area contributed by atoms with Crippen molar-refractivity contribution in [1.29, 1.82) is 0 Å². The van der Waals surface area contributed by atoms with Crippen molar-refractivity contribution in [2.45, 2.75) is 6.54 Å². The molecule has 6 nitrogen and oxygen atoms in total. The highest BCUT2D eigenvalue weighted by Crippen LogP contribution is 2.05. The van der Waals surface area contributed by atoms with Crippen molar-refractivity contribution in [1.82, 2.24) is 19.9 Å². The van der Waals surface area contributed by atoms with Gasteiger partial charge in [-0.25, -0.2) is 9.97 Å². The fourth-order valence-corrected chi connectivity index (χ4v) is 1.41. The minimum Gasteiger partial charge on any atom is -0.397 e. The first-order chi connectivity index (χ1) is 8.27. The quantitative estimate of drug-likeness (QED) is 0.792. The Morgan fingerprint density at radius 1 is 1.47 bits per heavy atom. The average molecular weight is 231 g/mol. The molecule has 2 rings (SSSR count). The van der Waals surface area contributed by atoms with Gasteiger partial charge in [0.15, 0.2) is 5.69 Å². The molecule has 0 spiro atoms. The van der Waals surface area contributed by atoms with Crippen LogP contribution < -0.4 is 11.1 Å². The normalized spacial score (nSPS) is 10.1. The molecule has 0 saturated heterocycles. The number of pyridine rings is 1. The highest BCUT2D eigenvalue weighted by molar-refractivity contribution is 5.96. The Balaban J connectivity index is 1.88. The van der Waals surface area contributed by atoms with Crippen molar-refractivity contribution in [3.05, 3.63) is 42.7 Å². The Labute approximate surface area is 98.5 Å². The largest absolute Gasteiger partial charge is 0.397 e. The van der Waals surface area contributed by atoms with Gasteiger partial charge >= 0.3 is 0 Å². The topological polar surface area (TPSA) is 85.8 Å². The highest BCUT2D eigenvalue weighted by Gasteiger charge is 2.09. The molecular formula is C11H13N5O. The second kappa shape index (κ2) is 5.11. The Kier molecular flexibility index (Phi) is 3.34. The second-order valence-electron chi connectivity index (χ2n) is 3.50. The fourth-order valence-electron chi connectivity index (χ4n) is 1.41. The van der Waals surface area contributed by atoms with E-state index in [1.54, 1.807) is 30.9 Å². The molecular weight excluding hydrogens is 218 g/mol. The molecule has 0 aliphatic rings. The number of nitrogen functional groups attached to an aromatic ring is 1. The van der Waals surface area contributed by atoms with Gasteiger partial charge in [-0.1, -0.05) is 0 Å². The monoisotopic (exact) mass is 231 g/mol. The van der Waals surface area contributed by atoms with Crippen LogP contribution >= 0.6 is 0 Å². The van der Waals surface area contributed by atoms with Crippen molar-refractivity contribution in [3.63, 3.8) is 0 Å². The van der Waals surface area contributed by atoms with Gasteiger partial charge in [-0.2, -0.15) is 0 Å². The average Bonchev–Trinajstić information content (AvgIpc) is 2.82. The summed E-state index contributed by atoms with van der Waals surface area (Å²) in [6.45, 7) is 1.17. The summed E-state index contributed by atoms with van der Waals surface area (Å²) in [4.78, 5) is 19.6. The Morgan fingerprint density at radius 3 is 3.06 bits per heavy atom. The number of nitrogens with zero attached hydrogens (tertiary/aromatic N) is 3. The van der Waals surface area contributed by atoms with Crippen molar-refractivity contribution in [2.24, 2.45) is 0 Å². The minimum absolute atomic E-state index is 0.261. The van der Waals surface area contributed by atoms with Gasteiger partial charge < -0.3 is 15.6 Å². The second-order valence-corrected chi connectivity index (χ2v) is 3.50. The molecule has 0 fully saturated rings. The number of nitrogens with one attached hydrogen (secondary N) is 1. The van der Waals surface area contributed by atoms with Crippen molar-refractivity contribution < 1.29 is 4.79 Å². The Bertz CT molecular complexity index is 494. The van der Waals surface area contributed by atoms with E-state index in [0.29, 0.717) is 18.8 Å². The van der Waals surface area contributed by atoms with E-state index >= 15 is 0 Å². The third-order valence-electron chi connectivity index (χ3n) is 2.27. The van der Waals surface area contributed by atoms with E-state index in [9.17, 15) is 4.79 Å². The Morgan fingerprint density at radius 2 is 2.35 bits per heavy atom. The maximum Gasteiger partial charge on any atom is 0.272 e. The molecule has 0 atom stereocenters. The molecule has 0 radical (unpaired) electrons. The van der Waals surface area contributed by atoms with Gasteiger partial charge in [0.2, 0.25) is 0 Å². The van der Waals surface area contributed by atoms with Gasteiger partial charge in [0.05, 0.1) is 12.0 Å². The number of carbonyl (C=O) groups is 1. The number of hydrogen-bond donors (Lipinski definition) is 2. The van der Waals surface area contributed by atoms with Crippen LogP contribution in [-0.4, -0.2) is 27.0 Å². The highest BCUT2D eigenvalue weighted by atomic mass is 16.1. The lowest BCUT2D eigenvalue weighted by Crippen LogP contribution is -2.28. The molecule has 0 aliphatic heterocycles. The first-order valence-corrected chi connectivity index (χ1v) is 5.22. The standard InChI is InChI=1S/C11H13N5O/c12-9-2-1-3-14-10(9)11(17)15-5-7-16-6-4-13-8-16/h1-4,6,8H,5,7,12H2,(H,15,17). The number of hydrogen-bond acceptors (Lipinski definition) is 4. The van der Waals surface area contributed by atoms with Gasteiger partial charge in [-0.3, -0.25) is 4.79 Å². The van der Waals surface area contributed by atoms with E-state index in [4.69, 9.17) is 5.73 Å². The predicted octanol–water partition coefficient (Wildman–Crippen LogP) is 0.290. The van der Waals surface area contributed by atoms with E-state index < -0.39 is 0 Å². The third-order valence-corrected chi connectivity index (χ3v) is 2.27. The summed E-state index contributed by atoms with van der Waals surface area (Å²) in [6, 6.07) is 3.34. The molecule has 6 heteroatoms. The van der Waals surface area contributed by atoms with Gasteiger partial charge in [0.25, 0.3) is 5.91 Å². The van der Waals surface area contributed by atoms with Crippen LogP contribution in [0.15, 0.2) is 37.1 Å². The van der Waals surface area contributed by atoms with E-state index in [1.807, 2.05) is 10.8 Å². The van der Waals surface area contributed by atoms with Gasteiger partial charge in [0, 0.05) is 31.7 Å². The first kappa shape index (κ1) is 11.1. The third kappa shape index (κ3) is 2.81. The Hall–Kier alpha value is -2.37. The zero-order chi connectivity index (χ0) is 12.1. The van der Waals surface area contributed by atoms with Crippen LogP contribution in [-0.2, 0) is 6.54 Å². The molecule has 88 valence electrons. The van der Waals surface area contributed by atoms with Crippen LogP contribution in [0.3, 0.4) is 0 Å². The summed E-state index contributed by atoms with van der Waals surface area (Å²) in [7, 11) is 0. The SMILES string of the molecule is Nc1cccnc1C(=O)NCCn1ccnc1. The number of amides is 1. The van der Waals surface area contributed by atoms with Crippen LogP contribution in [0.4, 0.5) is 5.69 Å². The maximum atomic E-state index is 11.7. The van der Waals surface area contributed by atoms with Crippen molar-refractivity contribution >= 4 is 11.6 Å². The van der Waals surface area contributed by atoms with Gasteiger partial charge in [-0.05, 0) is 12.1 Å². The van der Waals surface area contributed by atoms with Crippen LogP contribution in [0, 0.1) is 0 Å². The molecule has 0 aromatic carbocycles. The summed E-state index contributed by atoms with van der Waals surface area (Å²) < 4.78 is 1.88. The lowest BCUT2D eigenvalue weighted by Gasteiger charge is -2.06. The molecule has 3 N–H and O–H groups in total. The molecule has 0 aliphatic carbocycles. The minimum atomic E-state index is -0.261. The van der Waals surface area contributed by atoms with E-state index in [-0.39, 0.29) is 11.6 Å². The maximum absolute atomic E-state index is 11.7. The van der Waals surface area contributed by atoms with Crippen LogP contribution in [0.1, 0.15) is 10.5 Å². The van der Waals surface area contributed by atoms with Crippen molar-refractivity contribution in [3.8, 4) is 0 Å². The molecule has 0 unspecified atom stereocenters. The van der Waals surface area contributed by atoms with E-state index in [2.05, 4.69) is 15.3 Å². The summed E-state index contributed by atoms with van der Waals surface area (Å²) in [5.74, 6) is -0.261. The number of aromatic nitrogens is 3. The molecule has 17 heavy (non-hydrogen) atoms. The van der Waals surface area contributed by atoms with Gasteiger partial charge in [0.1, 0.15) is 0 Å². The van der Waals surface area contributed by atoms with Crippen LogP contribution in [0.5, 0.6) is 0 Å². The zero-order valence-electron chi connectivity index (χ0n) is 9.21. The lowest BCUT2D eigenvalue weighted by atomic mass is 10.3. The number of nitrogens with two attached hydrogens (primary N) is 1. The van der Waals surface area contributed by atoms with Gasteiger partial charge in [-0.15, -0.1) is 0 Å².